The first-order valence-corrected chi connectivity index (χ1v) is 12.6. The molecule has 0 bridgehead atoms. The van der Waals surface area contributed by atoms with Crippen LogP contribution < -0.4 is 20.3 Å². The van der Waals surface area contributed by atoms with Gasteiger partial charge in [0.1, 0.15) is 23.2 Å². The minimum atomic E-state index is 0.104. The van der Waals surface area contributed by atoms with Crippen LogP contribution in [0.1, 0.15) is 58.6 Å². The van der Waals surface area contributed by atoms with E-state index in [2.05, 4.69) is 48.4 Å². The highest BCUT2D eigenvalue weighted by molar-refractivity contribution is 5.97. The summed E-state index contributed by atoms with van der Waals surface area (Å²) in [4.78, 5) is 7.18. The number of nitrogens with one attached hydrogen (secondary N) is 2. The molecule has 35 heavy (non-hydrogen) atoms. The molecule has 2 aromatic carbocycles. The molecule has 1 aliphatic rings. The molecule has 0 amide bonds. The number of hydrogen-bond donors (Lipinski definition) is 2. The third-order valence-electron chi connectivity index (χ3n) is 6.04. The number of hydrogen-bond acceptors (Lipinski definition) is 6. The van der Waals surface area contributed by atoms with Gasteiger partial charge >= 0.3 is 0 Å². The highest BCUT2D eigenvalue weighted by atomic mass is 16.5. The fourth-order valence-corrected chi connectivity index (χ4v) is 4.55. The summed E-state index contributed by atoms with van der Waals surface area (Å²) >= 11 is 0. The van der Waals surface area contributed by atoms with Gasteiger partial charge in [-0.05, 0) is 57.4 Å². The molecule has 0 atom stereocenters. The number of methoxy groups -OCH3 is 1. The molecule has 0 saturated carbocycles. The summed E-state index contributed by atoms with van der Waals surface area (Å²) in [5.74, 6) is 1.46. The van der Waals surface area contributed by atoms with Crippen molar-refractivity contribution in [1.82, 2.24) is 10.3 Å². The van der Waals surface area contributed by atoms with Crippen molar-refractivity contribution < 1.29 is 4.74 Å². The summed E-state index contributed by atoms with van der Waals surface area (Å²) in [6.45, 7) is 13.0. The largest absolute Gasteiger partial charge is 0.497 e. The van der Waals surface area contributed by atoms with Crippen molar-refractivity contribution in [2.45, 2.75) is 65.6 Å². The van der Waals surface area contributed by atoms with Crippen LogP contribution in [-0.2, 0) is 6.54 Å². The number of ether oxygens (including phenoxy) is 1. The van der Waals surface area contributed by atoms with E-state index >= 15 is 0 Å². The minimum absolute atomic E-state index is 0.104. The number of piperidine rings is 1. The van der Waals surface area contributed by atoms with E-state index < -0.39 is 0 Å². The van der Waals surface area contributed by atoms with Gasteiger partial charge in [-0.3, -0.25) is 0 Å². The summed E-state index contributed by atoms with van der Waals surface area (Å²) in [6, 6.07) is 19.0. The molecular formula is C29H39N5O. The number of rotatable bonds is 6. The Morgan fingerprint density at radius 3 is 2.31 bits per heavy atom. The Labute approximate surface area is 210 Å². The predicted molar refractivity (Wildman–Crippen MR) is 146 cm³/mol. The maximum absolute atomic E-state index is 10.2. The number of anilines is 2. The lowest BCUT2D eigenvalue weighted by molar-refractivity contribution is 0.317. The lowest BCUT2D eigenvalue weighted by Gasteiger charge is -2.38. The Morgan fingerprint density at radius 2 is 1.71 bits per heavy atom. The predicted octanol–water partition coefficient (Wildman–Crippen LogP) is 6.11. The van der Waals surface area contributed by atoms with Crippen molar-refractivity contribution in [3.05, 3.63) is 59.7 Å². The van der Waals surface area contributed by atoms with Crippen LogP contribution in [0.25, 0.3) is 10.9 Å². The van der Waals surface area contributed by atoms with Crippen molar-refractivity contribution >= 4 is 22.4 Å². The first-order chi connectivity index (χ1) is 16.9. The van der Waals surface area contributed by atoms with Crippen LogP contribution in [0.4, 0.5) is 11.5 Å². The molecule has 1 aromatic heterocycles. The third-order valence-corrected chi connectivity index (χ3v) is 6.04. The van der Waals surface area contributed by atoms with Crippen molar-refractivity contribution in [2.75, 3.05) is 30.4 Å². The fourth-order valence-electron chi connectivity index (χ4n) is 4.55. The number of nitrogens with zero attached hydrogens (tertiary/aromatic N) is 3. The van der Waals surface area contributed by atoms with E-state index in [1.807, 2.05) is 56.3 Å². The molecule has 3 aromatic rings. The van der Waals surface area contributed by atoms with Gasteiger partial charge in [0.2, 0.25) is 0 Å². The molecule has 0 aliphatic carbocycles. The summed E-state index contributed by atoms with van der Waals surface area (Å²) in [5.41, 5.74) is 3.72. The summed E-state index contributed by atoms with van der Waals surface area (Å²) in [7, 11) is 1.66. The van der Waals surface area contributed by atoms with Crippen LogP contribution in [0.3, 0.4) is 0 Å². The third kappa shape index (κ3) is 6.64. The topological polar surface area (TPSA) is 73.2 Å². The molecule has 1 aliphatic heterocycles. The van der Waals surface area contributed by atoms with Crippen molar-refractivity contribution in [2.24, 2.45) is 0 Å². The second-order valence-corrected chi connectivity index (χ2v) is 9.67. The molecule has 1 fully saturated rings. The Hall–Kier alpha value is -3.30. The molecule has 6 nitrogen and oxygen atoms in total. The molecule has 0 radical (unpaired) electrons. The number of pyridine rings is 1. The van der Waals surface area contributed by atoms with E-state index in [1.165, 1.54) is 0 Å². The van der Waals surface area contributed by atoms with Gasteiger partial charge in [0.05, 0.1) is 18.3 Å². The summed E-state index contributed by atoms with van der Waals surface area (Å²) in [5, 5.41) is 18.4. The molecule has 1 saturated heterocycles. The number of nitriles is 1. The van der Waals surface area contributed by atoms with Crippen LogP contribution in [0, 0.1) is 11.3 Å². The van der Waals surface area contributed by atoms with Crippen LogP contribution >= 0.6 is 0 Å². The Morgan fingerprint density at radius 1 is 1.06 bits per heavy atom. The van der Waals surface area contributed by atoms with Gasteiger partial charge in [-0.2, -0.15) is 5.26 Å². The second kappa shape index (κ2) is 11.9. The van der Waals surface area contributed by atoms with E-state index in [0.717, 1.165) is 53.8 Å². The minimum Gasteiger partial charge on any atom is -0.497 e. The fraction of sp³-hybridized carbons (Fsp3) is 0.448. The lowest BCUT2D eigenvalue weighted by Crippen LogP contribution is -2.49. The zero-order valence-electron chi connectivity index (χ0n) is 22.0. The second-order valence-electron chi connectivity index (χ2n) is 9.67. The van der Waals surface area contributed by atoms with Crippen molar-refractivity contribution in [3.8, 4) is 11.8 Å². The average molecular weight is 474 g/mol. The quantitative estimate of drug-likeness (QED) is 0.450. The molecule has 0 unspecified atom stereocenters. The van der Waals surface area contributed by atoms with Gasteiger partial charge in [-0.1, -0.05) is 44.2 Å². The van der Waals surface area contributed by atoms with E-state index in [-0.39, 0.29) is 5.54 Å². The molecular weight excluding hydrogens is 434 g/mol. The normalized spacial score (nSPS) is 14.1. The van der Waals surface area contributed by atoms with Crippen LogP contribution in [0.2, 0.25) is 0 Å². The number of para-hydroxylation sites is 1. The average Bonchev–Trinajstić information content (AvgIpc) is 2.87. The van der Waals surface area contributed by atoms with Gasteiger partial charge < -0.3 is 20.3 Å². The highest BCUT2D eigenvalue weighted by Gasteiger charge is 2.27. The number of aromatic nitrogens is 1. The lowest BCUT2D eigenvalue weighted by atomic mass is 9.98. The summed E-state index contributed by atoms with van der Waals surface area (Å²) in [6.07, 6.45) is 2.10. The molecule has 2 heterocycles. The molecule has 6 heteroatoms. The maximum atomic E-state index is 10.2. The Balaban J connectivity index is 0.00000167. The Bertz CT molecular complexity index is 1140. The molecule has 186 valence electrons. The zero-order valence-corrected chi connectivity index (χ0v) is 22.0. The SMILES string of the molecule is CC.COc1ccc(CNc2nc3ccccc3c(N3CCC(NC(C)(C)C)CC3)c2C#N)cc1. The standard InChI is InChI=1S/C27H33N5O.C2H6/c1-27(2,3)31-20-13-15-32(16-14-20)25-22-7-5-6-8-24(22)30-26(23(25)17-28)29-18-19-9-11-21(33-4)12-10-19;1-2/h5-12,20,31H,13-16,18H2,1-4H3,(H,29,30);1-2H3. The van der Waals surface area contributed by atoms with Crippen LogP contribution in [0.5, 0.6) is 5.75 Å². The first kappa shape index (κ1) is 26.3. The van der Waals surface area contributed by atoms with Gasteiger partial charge in [-0.15, -0.1) is 0 Å². The van der Waals surface area contributed by atoms with Gasteiger partial charge in [-0.25, -0.2) is 4.98 Å². The molecule has 4 rings (SSSR count). The summed E-state index contributed by atoms with van der Waals surface area (Å²) < 4.78 is 5.25. The van der Waals surface area contributed by atoms with Crippen molar-refractivity contribution in [1.29, 1.82) is 5.26 Å². The first-order valence-electron chi connectivity index (χ1n) is 12.6. The van der Waals surface area contributed by atoms with E-state index in [4.69, 9.17) is 9.72 Å². The smallest absolute Gasteiger partial charge is 0.147 e. The molecule has 2 N–H and O–H groups in total. The van der Waals surface area contributed by atoms with Crippen LogP contribution in [0.15, 0.2) is 48.5 Å². The van der Waals surface area contributed by atoms with Gasteiger partial charge in [0.15, 0.2) is 0 Å². The highest BCUT2D eigenvalue weighted by Crippen LogP contribution is 2.35. The maximum Gasteiger partial charge on any atom is 0.147 e. The monoisotopic (exact) mass is 473 g/mol. The van der Waals surface area contributed by atoms with Gasteiger partial charge in [0, 0.05) is 36.6 Å². The Kier molecular flexibility index (Phi) is 8.95. The van der Waals surface area contributed by atoms with E-state index in [0.29, 0.717) is 24.0 Å². The van der Waals surface area contributed by atoms with Crippen LogP contribution in [-0.4, -0.2) is 36.8 Å². The number of benzene rings is 2. The van der Waals surface area contributed by atoms with E-state index in [1.54, 1.807) is 7.11 Å². The number of fused-ring (bicyclic) bond motifs is 1. The molecule has 0 spiro atoms. The van der Waals surface area contributed by atoms with E-state index in [9.17, 15) is 5.26 Å². The van der Waals surface area contributed by atoms with Crippen molar-refractivity contribution in [3.63, 3.8) is 0 Å². The zero-order chi connectivity index (χ0) is 25.4. The van der Waals surface area contributed by atoms with Gasteiger partial charge in [0.25, 0.3) is 0 Å².